The molecule has 0 bridgehead atoms. The fraction of sp³-hybridized carbons (Fsp3) is 0.333. The van der Waals surface area contributed by atoms with Crippen molar-refractivity contribution in [3.8, 4) is 17.3 Å². The number of amides is 2. The predicted octanol–water partition coefficient (Wildman–Crippen LogP) is 1.13. The molecule has 0 saturated carbocycles. The van der Waals surface area contributed by atoms with Crippen molar-refractivity contribution in [2.45, 2.75) is 6.43 Å². The third-order valence-corrected chi connectivity index (χ3v) is 3.85. The third-order valence-electron chi connectivity index (χ3n) is 3.85. The van der Waals surface area contributed by atoms with Crippen molar-refractivity contribution >= 4 is 23.8 Å². The van der Waals surface area contributed by atoms with Crippen LogP contribution in [-0.4, -0.2) is 71.9 Å². The Morgan fingerprint density at radius 3 is 2.73 bits per heavy atom. The standard InChI is InChI=1S/C18H19F2N7O3/c1-30-3-2-27(10-16(19)20)18(29)9-24-13-4-12(6-22-14(13)5-21)15-7-25-17(8-23-15)26-11-28/h4,6-8,11,16,24H,2-3,9-10H2,1H3,(H,25,26,28). The summed E-state index contributed by atoms with van der Waals surface area (Å²) < 4.78 is 30.3. The van der Waals surface area contributed by atoms with Crippen LogP contribution in [0.4, 0.5) is 20.3 Å². The van der Waals surface area contributed by atoms with Crippen molar-refractivity contribution < 1.29 is 23.1 Å². The van der Waals surface area contributed by atoms with Crippen LogP contribution in [0.2, 0.25) is 0 Å². The van der Waals surface area contributed by atoms with Crippen LogP contribution in [0.5, 0.6) is 0 Å². The first kappa shape index (κ1) is 22.6. The monoisotopic (exact) mass is 419 g/mol. The van der Waals surface area contributed by atoms with Gasteiger partial charge in [0.1, 0.15) is 6.07 Å². The number of hydrogen-bond donors (Lipinski definition) is 2. The molecule has 0 saturated heterocycles. The van der Waals surface area contributed by atoms with Crippen LogP contribution >= 0.6 is 0 Å². The van der Waals surface area contributed by atoms with E-state index in [-0.39, 0.29) is 36.9 Å². The lowest BCUT2D eigenvalue weighted by Gasteiger charge is -2.22. The van der Waals surface area contributed by atoms with Gasteiger partial charge in [0, 0.05) is 25.4 Å². The number of nitrogens with zero attached hydrogens (tertiary/aromatic N) is 5. The second-order valence-electron chi connectivity index (χ2n) is 5.86. The first-order valence-electron chi connectivity index (χ1n) is 8.70. The van der Waals surface area contributed by atoms with E-state index in [1.807, 2.05) is 6.07 Å². The Labute approximate surface area is 170 Å². The van der Waals surface area contributed by atoms with E-state index in [9.17, 15) is 23.6 Å². The van der Waals surface area contributed by atoms with E-state index in [2.05, 4.69) is 25.6 Å². The van der Waals surface area contributed by atoms with E-state index in [4.69, 9.17) is 4.74 Å². The van der Waals surface area contributed by atoms with Gasteiger partial charge in [0.05, 0.1) is 43.5 Å². The molecule has 0 unspecified atom stereocenters. The minimum Gasteiger partial charge on any atom is -0.383 e. The summed E-state index contributed by atoms with van der Waals surface area (Å²) in [7, 11) is 1.41. The molecule has 2 amide bonds. The maximum Gasteiger partial charge on any atom is 0.255 e. The molecule has 2 N–H and O–H groups in total. The van der Waals surface area contributed by atoms with Crippen molar-refractivity contribution in [3.05, 3.63) is 30.4 Å². The number of methoxy groups -OCH3 is 1. The second kappa shape index (κ2) is 11.3. The minimum absolute atomic E-state index is 0.0154. The summed E-state index contributed by atoms with van der Waals surface area (Å²) in [6, 6.07) is 3.44. The van der Waals surface area contributed by atoms with Gasteiger partial charge in [0.15, 0.2) is 11.5 Å². The van der Waals surface area contributed by atoms with Gasteiger partial charge in [-0.3, -0.25) is 14.6 Å². The van der Waals surface area contributed by atoms with Gasteiger partial charge >= 0.3 is 0 Å². The molecule has 158 valence electrons. The summed E-state index contributed by atoms with van der Waals surface area (Å²) in [5, 5.41) is 14.4. The molecule has 0 aliphatic rings. The largest absolute Gasteiger partial charge is 0.383 e. The second-order valence-corrected chi connectivity index (χ2v) is 5.86. The molecular formula is C18H19F2N7O3. The lowest BCUT2D eigenvalue weighted by molar-refractivity contribution is -0.131. The highest BCUT2D eigenvalue weighted by Gasteiger charge is 2.18. The van der Waals surface area contributed by atoms with Crippen LogP contribution < -0.4 is 10.6 Å². The molecular weight excluding hydrogens is 400 g/mol. The third kappa shape index (κ3) is 6.42. The van der Waals surface area contributed by atoms with Crippen LogP contribution in [0.3, 0.4) is 0 Å². The first-order valence-corrected chi connectivity index (χ1v) is 8.70. The molecule has 30 heavy (non-hydrogen) atoms. The molecule has 0 aromatic carbocycles. The van der Waals surface area contributed by atoms with Gasteiger partial charge in [-0.05, 0) is 6.07 Å². The van der Waals surface area contributed by atoms with E-state index < -0.39 is 18.9 Å². The van der Waals surface area contributed by atoms with Crippen LogP contribution in [0, 0.1) is 11.3 Å². The number of rotatable bonds is 11. The molecule has 0 spiro atoms. The maximum absolute atomic E-state index is 12.7. The van der Waals surface area contributed by atoms with Crippen molar-refractivity contribution in [2.75, 3.05) is 44.0 Å². The number of pyridine rings is 1. The zero-order valence-electron chi connectivity index (χ0n) is 16.0. The van der Waals surface area contributed by atoms with E-state index >= 15 is 0 Å². The van der Waals surface area contributed by atoms with Crippen molar-refractivity contribution in [2.24, 2.45) is 0 Å². The summed E-state index contributed by atoms with van der Waals surface area (Å²) in [5.41, 5.74) is 1.18. The topological polar surface area (TPSA) is 133 Å². The van der Waals surface area contributed by atoms with Crippen LogP contribution in [0.1, 0.15) is 5.69 Å². The van der Waals surface area contributed by atoms with Gasteiger partial charge in [0.2, 0.25) is 12.3 Å². The Morgan fingerprint density at radius 1 is 1.33 bits per heavy atom. The number of nitriles is 1. The Morgan fingerprint density at radius 2 is 2.13 bits per heavy atom. The van der Waals surface area contributed by atoms with Crippen molar-refractivity contribution in [1.29, 1.82) is 5.26 Å². The van der Waals surface area contributed by atoms with Gasteiger partial charge in [-0.15, -0.1) is 0 Å². The van der Waals surface area contributed by atoms with Crippen LogP contribution in [0.15, 0.2) is 24.7 Å². The van der Waals surface area contributed by atoms with Gasteiger partial charge in [-0.2, -0.15) is 5.26 Å². The summed E-state index contributed by atoms with van der Waals surface area (Å²) in [4.78, 5) is 35.9. The lowest BCUT2D eigenvalue weighted by atomic mass is 10.1. The number of anilines is 2. The molecule has 2 aromatic rings. The summed E-state index contributed by atoms with van der Waals surface area (Å²) >= 11 is 0. The average Bonchev–Trinajstić information content (AvgIpc) is 2.75. The Bertz CT molecular complexity index is 904. The fourth-order valence-corrected chi connectivity index (χ4v) is 2.41. The average molecular weight is 419 g/mol. The van der Waals surface area contributed by atoms with Gasteiger partial charge in [0.25, 0.3) is 6.43 Å². The molecule has 10 nitrogen and oxygen atoms in total. The SMILES string of the molecule is COCCN(CC(F)F)C(=O)CNc1cc(-c2cnc(NC=O)cn2)cnc1C#N. The molecule has 2 aromatic heterocycles. The van der Waals surface area contributed by atoms with Crippen LogP contribution in [-0.2, 0) is 14.3 Å². The molecule has 2 rings (SSSR count). The lowest BCUT2D eigenvalue weighted by Crippen LogP contribution is -2.40. The molecule has 0 aliphatic carbocycles. The number of ether oxygens (including phenoxy) is 1. The highest BCUT2D eigenvalue weighted by atomic mass is 19.3. The Balaban J connectivity index is 2.15. The van der Waals surface area contributed by atoms with E-state index in [1.54, 1.807) is 6.07 Å². The Hall–Kier alpha value is -3.72. The normalized spacial score (nSPS) is 10.4. The molecule has 0 atom stereocenters. The molecule has 0 fully saturated rings. The predicted molar refractivity (Wildman–Crippen MR) is 103 cm³/mol. The smallest absolute Gasteiger partial charge is 0.255 e. The van der Waals surface area contributed by atoms with Gasteiger partial charge in [-0.25, -0.2) is 18.7 Å². The highest BCUT2D eigenvalue weighted by Crippen LogP contribution is 2.22. The van der Waals surface area contributed by atoms with Gasteiger partial charge in [-0.1, -0.05) is 0 Å². The summed E-state index contributed by atoms with van der Waals surface area (Å²) in [6.07, 6.45) is 1.94. The van der Waals surface area contributed by atoms with Crippen molar-refractivity contribution in [1.82, 2.24) is 19.9 Å². The quantitative estimate of drug-likeness (QED) is 0.518. The number of carbonyl (C=O) groups is 2. The Kier molecular flexibility index (Phi) is 8.52. The molecule has 12 heteroatoms. The van der Waals surface area contributed by atoms with E-state index in [0.717, 1.165) is 4.90 Å². The number of alkyl halides is 2. The first-order chi connectivity index (χ1) is 14.5. The number of halogens is 2. The summed E-state index contributed by atoms with van der Waals surface area (Å²) in [5.74, 6) is -0.319. The molecule has 2 heterocycles. The fourth-order valence-electron chi connectivity index (χ4n) is 2.41. The summed E-state index contributed by atoms with van der Waals surface area (Å²) in [6.45, 7) is -0.901. The van der Waals surface area contributed by atoms with E-state index in [1.165, 1.54) is 25.7 Å². The maximum atomic E-state index is 12.7. The minimum atomic E-state index is -2.68. The number of nitrogens with one attached hydrogen (secondary N) is 2. The number of hydrogen-bond acceptors (Lipinski definition) is 8. The highest BCUT2D eigenvalue weighted by molar-refractivity contribution is 5.82. The van der Waals surface area contributed by atoms with Gasteiger partial charge < -0.3 is 20.3 Å². The van der Waals surface area contributed by atoms with E-state index in [0.29, 0.717) is 17.7 Å². The number of carbonyl (C=O) groups excluding carboxylic acids is 2. The zero-order valence-corrected chi connectivity index (χ0v) is 16.0. The van der Waals surface area contributed by atoms with Crippen molar-refractivity contribution in [3.63, 3.8) is 0 Å². The number of aromatic nitrogens is 3. The molecule has 0 aliphatic heterocycles. The van der Waals surface area contributed by atoms with Crippen LogP contribution in [0.25, 0.3) is 11.3 Å². The zero-order chi connectivity index (χ0) is 21.9. The molecule has 0 radical (unpaired) electrons.